The van der Waals surface area contributed by atoms with E-state index in [-0.39, 0.29) is 29.3 Å². The molecule has 2 aliphatic rings. The summed E-state index contributed by atoms with van der Waals surface area (Å²) in [7, 11) is 0. The molecule has 7 nitrogen and oxygen atoms in total. The molecule has 2 unspecified atom stereocenters. The number of aliphatic carboxylic acids is 1. The number of hydrogen-bond acceptors (Lipinski definition) is 6. The quantitative estimate of drug-likeness (QED) is 0.533. The van der Waals surface area contributed by atoms with Crippen LogP contribution < -0.4 is 0 Å². The monoisotopic (exact) mass is 336 g/mol. The number of aliphatic hydroxyl groups excluding tert-OH is 1. The summed E-state index contributed by atoms with van der Waals surface area (Å²) in [5.74, 6) is -1.04. The van der Waals surface area contributed by atoms with E-state index in [0.717, 1.165) is 0 Å². The maximum atomic E-state index is 12.2. The molecule has 3 rings (SSSR count). The van der Waals surface area contributed by atoms with Crippen LogP contribution >= 0.6 is 11.8 Å². The summed E-state index contributed by atoms with van der Waals surface area (Å²) in [5, 5.41) is 28.1. The molecule has 0 bridgehead atoms. The lowest BCUT2D eigenvalue weighted by atomic mass is 9.88. The molecule has 3 N–H and O–H groups in total. The van der Waals surface area contributed by atoms with Gasteiger partial charge in [0.05, 0.1) is 6.61 Å². The van der Waals surface area contributed by atoms with Crippen LogP contribution in [0.4, 0.5) is 0 Å². The average Bonchev–Trinajstić information content (AvgIpc) is 2.55. The van der Waals surface area contributed by atoms with Crippen molar-refractivity contribution in [2.45, 2.75) is 11.4 Å². The molecule has 2 saturated heterocycles. The first-order chi connectivity index (χ1) is 11.0. The smallest absolute Gasteiger partial charge is 0.314 e. The van der Waals surface area contributed by atoms with Gasteiger partial charge in [-0.25, -0.2) is 0 Å². The molecule has 0 saturated carbocycles. The van der Waals surface area contributed by atoms with Gasteiger partial charge in [-0.15, -0.1) is 11.8 Å². The van der Waals surface area contributed by atoms with Crippen molar-refractivity contribution in [2.24, 2.45) is 10.4 Å². The largest absolute Gasteiger partial charge is 0.507 e. The number of para-hydroxylation sites is 1. The maximum absolute atomic E-state index is 12.2. The number of carboxylic acids is 1. The Morgan fingerprint density at radius 1 is 1.48 bits per heavy atom. The molecule has 0 aliphatic carbocycles. The Morgan fingerprint density at radius 2 is 2.22 bits per heavy atom. The molecule has 0 spiro atoms. The van der Waals surface area contributed by atoms with Gasteiger partial charge in [-0.1, -0.05) is 12.1 Å². The van der Waals surface area contributed by atoms with Crippen LogP contribution in [-0.4, -0.2) is 68.6 Å². The number of benzene rings is 1. The Bertz CT molecular complexity index is 680. The van der Waals surface area contributed by atoms with E-state index < -0.39 is 24.0 Å². The zero-order chi connectivity index (χ0) is 16.6. The molecule has 0 aromatic heterocycles. The van der Waals surface area contributed by atoms with E-state index in [1.807, 2.05) is 0 Å². The highest BCUT2D eigenvalue weighted by atomic mass is 32.2. The number of nitrogens with zero attached hydrogens (tertiary/aromatic N) is 2. The fourth-order valence-electron chi connectivity index (χ4n) is 2.66. The van der Waals surface area contributed by atoms with Gasteiger partial charge in [-0.05, 0) is 12.1 Å². The number of amides is 1. The Kier molecular flexibility index (Phi) is 4.03. The first kappa shape index (κ1) is 15.8. The predicted molar refractivity (Wildman–Crippen MR) is 84.6 cm³/mol. The highest BCUT2D eigenvalue weighted by Crippen LogP contribution is 2.43. The molecule has 2 fully saturated rings. The second-order valence-electron chi connectivity index (χ2n) is 5.69. The second-order valence-corrected chi connectivity index (χ2v) is 6.80. The van der Waals surface area contributed by atoms with Crippen molar-refractivity contribution in [3.05, 3.63) is 29.8 Å². The Labute approximate surface area is 136 Å². The number of carboxylic acid groups (broad SMARTS) is 1. The number of aliphatic hydroxyl groups is 1. The number of β-lactam (4-membered cyclic amide) rings is 1. The van der Waals surface area contributed by atoms with Crippen molar-refractivity contribution in [2.75, 3.05) is 18.9 Å². The molecule has 1 aromatic rings. The minimum atomic E-state index is -1.30. The normalized spacial score (nSPS) is 30.1. The van der Waals surface area contributed by atoms with Crippen LogP contribution in [0.2, 0.25) is 0 Å². The van der Waals surface area contributed by atoms with Gasteiger partial charge in [0.15, 0.2) is 6.04 Å². The molecule has 3 atom stereocenters. The van der Waals surface area contributed by atoms with Crippen LogP contribution in [0.25, 0.3) is 0 Å². The SMILES string of the molecule is O=C1C(N=Cc2ccccc2O)[C@H]2SCC(CO)(C(=O)O)CN12. The number of phenols is 1. The Balaban J connectivity index is 1.72. The Hall–Kier alpha value is -2.06. The van der Waals surface area contributed by atoms with Crippen LogP contribution in [0.15, 0.2) is 29.3 Å². The molecule has 1 aromatic carbocycles. The summed E-state index contributed by atoms with van der Waals surface area (Å²) in [6, 6.07) is 6.10. The van der Waals surface area contributed by atoms with Gasteiger partial charge in [-0.2, -0.15) is 0 Å². The molecular weight excluding hydrogens is 320 g/mol. The number of fused-ring (bicyclic) bond motifs is 1. The molecule has 23 heavy (non-hydrogen) atoms. The molecule has 2 heterocycles. The van der Waals surface area contributed by atoms with Crippen LogP contribution in [-0.2, 0) is 9.59 Å². The minimum Gasteiger partial charge on any atom is -0.507 e. The number of aromatic hydroxyl groups is 1. The lowest BCUT2D eigenvalue weighted by Gasteiger charge is -2.52. The van der Waals surface area contributed by atoms with Gasteiger partial charge in [0.2, 0.25) is 0 Å². The summed E-state index contributed by atoms with van der Waals surface area (Å²) < 4.78 is 0. The minimum absolute atomic E-state index is 0.00204. The highest BCUT2D eigenvalue weighted by molar-refractivity contribution is 8.00. The summed E-state index contributed by atoms with van der Waals surface area (Å²) in [5.41, 5.74) is -0.779. The third-order valence-corrected chi connectivity index (χ3v) is 5.76. The zero-order valence-corrected chi connectivity index (χ0v) is 12.9. The fraction of sp³-hybridized carbons (Fsp3) is 0.400. The lowest BCUT2D eigenvalue weighted by molar-refractivity contribution is -0.158. The first-order valence-corrected chi connectivity index (χ1v) is 8.11. The van der Waals surface area contributed by atoms with Gasteiger partial charge < -0.3 is 20.2 Å². The summed E-state index contributed by atoms with van der Waals surface area (Å²) >= 11 is 1.31. The van der Waals surface area contributed by atoms with E-state index >= 15 is 0 Å². The lowest BCUT2D eigenvalue weighted by Crippen LogP contribution is -2.69. The second kappa shape index (κ2) is 5.86. The third-order valence-electron chi connectivity index (χ3n) is 4.18. The number of carbonyl (C=O) groups excluding carboxylic acids is 1. The van der Waals surface area contributed by atoms with Crippen LogP contribution in [0.5, 0.6) is 5.75 Å². The highest BCUT2D eigenvalue weighted by Gasteiger charge is 2.56. The first-order valence-electron chi connectivity index (χ1n) is 7.06. The van der Waals surface area contributed by atoms with E-state index in [1.54, 1.807) is 18.2 Å². The van der Waals surface area contributed by atoms with E-state index in [9.17, 15) is 24.9 Å². The number of phenolic OH excluding ortho intramolecular Hbond substituents is 1. The average molecular weight is 336 g/mol. The number of aliphatic imine (C=N–C) groups is 1. The predicted octanol–water partition coefficient (Wildman–Crippen LogP) is 0.158. The number of hydrogen-bond donors (Lipinski definition) is 3. The van der Waals surface area contributed by atoms with Gasteiger partial charge in [-0.3, -0.25) is 14.6 Å². The van der Waals surface area contributed by atoms with Gasteiger partial charge in [0.1, 0.15) is 16.5 Å². The summed E-state index contributed by atoms with van der Waals surface area (Å²) in [6.45, 7) is -0.504. The van der Waals surface area contributed by atoms with Crippen molar-refractivity contribution >= 4 is 29.9 Å². The summed E-state index contributed by atoms with van der Waals surface area (Å²) in [4.78, 5) is 29.2. The molecule has 8 heteroatoms. The molecular formula is C15H16N2O5S. The molecule has 1 amide bonds. The van der Waals surface area contributed by atoms with Gasteiger partial charge in [0.25, 0.3) is 5.91 Å². The van der Waals surface area contributed by atoms with Gasteiger partial charge in [0, 0.05) is 24.1 Å². The number of rotatable bonds is 4. The van der Waals surface area contributed by atoms with Crippen molar-refractivity contribution in [3.8, 4) is 5.75 Å². The molecule has 122 valence electrons. The van der Waals surface area contributed by atoms with Crippen molar-refractivity contribution in [1.29, 1.82) is 0 Å². The van der Waals surface area contributed by atoms with Crippen molar-refractivity contribution < 1.29 is 24.9 Å². The maximum Gasteiger partial charge on any atom is 0.314 e. The van der Waals surface area contributed by atoms with Crippen LogP contribution in [0, 0.1) is 5.41 Å². The van der Waals surface area contributed by atoms with E-state index in [2.05, 4.69) is 4.99 Å². The fourth-order valence-corrected chi connectivity index (χ4v) is 4.18. The van der Waals surface area contributed by atoms with Crippen molar-refractivity contribution in [1.82, 2.24) is 4.90 Å². The van der Waals surface area contributed by atoms with Crippen molar-refractivity contribution in [3.63, 3.8) is 0 Å². The molecule has 0 radical (unpaired) electrons. The zero-order valence-electron chi connectivity index (χ0n) is 12.1. The van der Waals surface area contributed by atoms with Gasteiger partial charge >= 0.3 is 5.97 Å². The molecule has 2 aliphatic heterocycles. The van der Waals surface area contributed by atoms with Crippen LogP contribution in [0.3, 0.4) is 0 Å². The number of carbonyl (C=O) groups is 2. The summed E-state index contributed by atoms with van der Waals surface area (Å²) in [6.07, 6.45) is 1.46. The standard InChI is InChI=1S/C15H16N2O5S/c18-7-15(14(21)22)6-17-12(20)11(13(17)23-8-15)16-5-9-3-1-2-4-10(9)19/h1-5,11,13,18-19H,6-8H2,(H,21,22)/t11?,13-,15?/m1/s1. The third kappa shape index (κ3) is 2.57. The van der Waals surface area contributed by atoms with Crippen LogP contribution in [0.1, 0.15) is 5.56 Å². The van der Waals surface area contributed by atoms with E-state index in [1.165, 1.54) is 28.9 Å². The van der Waals surface area contributed by atoms with E-state index in [4.69, 9.17) is 0 Å². The number of thioether (sulfide) groups is 1. The topological polar surface area (TPSA) is 110 Å². The Morgan fingerprint density at radius 3 is 2.87 bits per heavy atom. The van der Waals surface area contributed by atoms with E-state index in [0.29, 0.717) is 5.56 Å².